The van der Waals surface area contributed by atoms with E-state index in [1.807, 2.05) is 0 Å². The van der Waals surface area contributed by atoms with Gasteiger partial charge in [0.25, 0.3) is 0 Å². The Morgan fingerprint density at radius 3 is 1.40 bits per heavy atom. The summed E-state index contributed by atoms with van der Waals surface area (Å²) in [5.41, 5.74) is -7.44. The molecule has 0 aliphatic carbocycles. The quantitative estimate of drug-likeness (QED) is 0.164. The maximum Gasteiger partial charge on any atom is 0.0636 e. The van der Waals surface area contributed by atoms with Gasteiger partial charge < -0.3 is 0 Å². The lowest BCUT2D eigenvalue weighted by Gasteiger charge is -2.20. The van der Waals surface area contributed by atoms with E-state index < -0.39 is 292 Å². The summed E-state index contributed by atoms with van der Waals surface area (Å²) in [6.45, 7) is 0. The second kappa shape index (κ2) is 11.6. The fourth-order valence-electron chi connectivity index (χ4n) is 5.75. The van der Waals surface area contributed by atoms with Crippen LogP contribution in [-0.4, -0.2) is 0 Å². The summed E-state index contributed by atoms with van der Waals surface area (Å²) in [6.07, 6.45) is 0. The van der Waals surface area contributed by atoms with Gasteiger partial charge >= 0.3 is 0 Å². The molecule has 0 unspecified atom stereocenters. The van der Waals surface area contributed by atoms with E-state index in [1.165, 1.54) is 0 Å². The van der Waals surface area contributed by atoms with Gasteiger partial charge in [-0.15, -0.1) is 0 Å². The van der Waals surface area contributed by atoms with E-state index in [9.17, 15) is 19.2 Å². The molecule has 0 bridgehead atoms. The second-order valence-corrected chi connectivity index (χ2v) is 10.8. The van der Waals surface area contributed by atoms with Crippen molar-refractivity contribution in [2.75, 3.05) is 0 Å². The van der Waals surface area contributed by atoms with Crippen LogP contribution in [0.5, 0.6) is 0 Å². The molecule has 0 aliphatic rings. The molecule has 0 aliphatic heterocycles. The average molecular weight is 665 g/mol. The number of benzene rings is 10. The van der Waals surface area contributed by atoms with Crippen molar-refractivity contribution in [1.29, 1.82) is 0 Å². The summed E-state index contributed by atoms with van der Waals surface area (Å²) in [4.78, 5) is 0. The number of rotatable bonds is 4. The van der Waals surface area contributed by atoms with Crippen molar-refractivity contribution >= 4 is 53.9 Å². The van der Waals surface area contributed by atoms with Gasteiger partial charge in [-0.25, -0.2) is 0 Å². The molecule has 0 fully saturated rings. The van der Waals surface area contributed by atoms with Crippen molar-refractivity contribution < 1.29 is 43.9 Å². The van der Waals surface area contributed by atoms with E-state index in [4.69, 9.17) is 24.7 Å². The predicted molar refractivity (Wildman–Crippen MR) is 216 cm³/mol. The first-order valence-corrected chi connectivity index (χ1v) is 14.8. The SMILES string of the molecule is [2H]c1c([2H])c(-c2c([2H])c([2H])c3c([2H])c([2H])c([2H])c([2H])c3c2[2H])c([2H])c(-c2c3c([2H])c([2H])c([2H])c([2H])c3c(-c3c([2H])c([2H])c([2H])c4c([2H])c([2H])c([2H])c([2H])c34)c3c([2H])c(-c4c([2H])c([2H])c5c([2H])c([2H])c([2H])c([2H])c5c4[2H])c([2H])c([2H])c23)c1[2H]. The molecule has 0 N–H and O–H groups in total. The minimum Gasteiger partial charge on any atom is -0.0616 e. The van der Waals surface area contributed by atoms with Gasteiger partial charge in [0, 0.05) is 0 Å². The Labute approximate surface area is 336 Å². The van der Waals surface area contributed by atoms with Gasteiger partial charge in [0.2, 0.25) is 0 Å². The Morgan fingerprint density at radius 2 is 0.700 bits per heavy atom. The maximum absolute atomic E-state index is 10.3. The molecule has 0 heteroatoms. The second-order valence-electron chi connectivity index (χ2n) is 10.8. The van der Waals surface area contributed by atoms with Crippen LogP contribution in [-0.2, 0) is 0 Å². The normalized spacial score (nSPS) is 20.6. The minimum atomic E-state index is -1.22. The first-order valence-electron chi connectivity index (χ1n) is 30.8. The molecule has 10 aromatic rings. The highest BCUT2D eigenvalue weighted by Crippen LogP contribution is 2.47. The Morgan fingerprint density at radius 1 is 0.240 bits per heavy atom. The van der Waals surface area contributed by atoms with Crippen LogP contribution in [0.1, 0.15) is 43.9 Å². The molecule has 10 aromatic carbocycles. The van der Waals surface area contributed by atoms with Crippen LogP contribution < -0.4 is 0 Å². The van der Waals surface area contributed by atoms with Gasteiger partial charge in [-0.2, -0.15) is 0 Å². The van der Waals surface area contributed by atoms with Gasteiger partial charge in [0.05, 0.1) is 43.9 Å². The third-order valence-electron chi connectivity index (χ3n) is 7.94. The van der Waals surface area contributed by atoms with Crippen LogP contribution in [0.15, 0.2) is 193 Å². The van der Waals surface area contributed by atoms with E-state index in [-0.39, 0.29) is 0 Å². The van der Waals surface area contributed by atoms with Gasteiger partial charge in [-0.1, -0.05) is 169 Å². The number of hydrogen-bond donors (Lipinski definition) is 0. The highest BCUT2D eigenvalue weighted by atomic mass is 14.2. The largest absolute Gasteiger partial charge is 0.0636 e. The predicted octanol–water partition coefficient (Wildman–Crippen LogP) is 14.1. The first-order chi connectivity index (χ1) is 38.1. The molecule has 0 saturated heterocycles. The molecule has 0 radical (unpaired) electrons. The molecule has 0 spiro atoms. The van der Waals surface area contributed by atoms with E-state index in [2.05, 4.69) is 0 Å². The zero-order chi connectivity index (χ0) is 60.9. The third-order valence-corrected chi connectivity index (χ3v) is 7.94. The molecule has 0 nitrogen and oxygen atoms in total. The van der Waals surface area contributed by atoms with Crippen molar-refractivity contribution in [2.45, 2.75) is 0 Å². The van der Waals surface area contributed by atoms with Gasteiger partial charge in [0.1, 0.15) is 0 Å². The molecule has 0 aromatic heterocycles. The lowest BCUT2D eigenvalue weighted by Crippen LogP contribution is -1.93. The molecule has 10 rings (SSSR count). The summed E-state index contributed by atoms with van der Waals surface area (Å²) in [6, 6.07) is -32.7. The van der Waals surface area contributed by atoms with Crippen molar-refractivity contribution in [3.8, 4) is 44.5 Å². The van der Waals surface area contributed by atoms with Crippen LogP contribution >= 0.6 is 0 Å². The Hall–Kier alpha value is -6.50. The zero-order valence-corrected chi connectivity index (χ0v) is 25.0. The Balaban J connectivity index is 1.58. The van der Waals surface area contributed by atoms with E-state index in [0.717, 1.165) is 0 Å². The summed E-state index contributed by atoms with van der Waals surface area (Å²) < 4.78 is 291. The Bertz CT molecular complexity index is 4750. The summed E-state index contributed by atoms with van der Waals surface area (Å²) in [5.74, 6) is 0. The third kappa shape index (κ3) is 4.69. The summed E-state index contributed by atoms with van der Waals surface area (Å²) in [7, 11) is 0. The number of fused-ring (bicyclic) bond motifs is 5. The highest BCUT2D eigenvalue weighted by Gasteiger charge is 2.19. The van der Waals surface area contributed by atoms with E-state index in [0.29, 0.717) is 0 Å². The molecular weight excluding hydrogens is 601 g/mol. The monoisotopic (exact) mass is 664 g/mol. The van der Waals surface area contributed by atoms with Crippen molar-refractivity contribution in [3.05, 3.63) is 193 Å². The van der Waals surface area contributed by atoms with Crippen molar-refractivity contribution in [3.63, 3.8) is 0 Å². The van der Waals surface area contributed by atoms with Crippen LogP contribution in [0.3, 0.4) is 0 Å². The number of hydrogen-bond acceptors (Lipinski definition) is 0. The average Bonchev–Trinajstić information content (AvgIpc) is 3.44. The molecule has 0 heterocycles. The molecule has 232 valence electrons. The smallest absolute Gasteiger partial charge is 0.0616 e. The summed E-state index contributed by atoms with van der Waals surface area (Å²) >= 11 is 0. The van der Waals surface area contributed by atoms with Crippen LogP contribution in [0.2, 0.25) is 0 Å². The Kier molecular flexibility index (Phi) is 2.55. The molecule has 50 heavy (non-hydrogen) atoms. The standard InChI is InChI=1S/C50H32/c1-3-14-36-29-39(25-23-33(36)11-1)38-17-9-18-42(31-38)49-45-20-7-8-21-46(45)50(44-22-10-16-35-13-5-6-19-43(35)44)48-32-41(27-28-47(48)49)40-26-24-34-12-2-4-15-37(34)30-40/h1-32H/i1D,2D,3D,4D,5D,6D,7D,8D,9D,10D,11D,12D,13D,14D,15D,16D,17D,18D,19D,20D,21D,22D,23D,24D,25D,26D,27D,28D,29D,30D,31D,32D. The van der Waals surface area contributed by atoms with E-state index >= 15 is 0 Å². The molecule has 0 saturated carbocycles. The topological polar surface area (TPSA) is 0 Å². The van der Waals surface area contributed by atoms with Crippen LogP contribution in [0.4, 0.5) is 0 Å². The summed E-state index contributed by atoms with van der Waals surface area (Å²) in [5, 5.41) is -7.82. The van der Waals surface area contributed by atoms with Gasteiger partial charge in [-0.05, 0) is 123 Å². The lowest BCUT2D eigenvalue weighted by atomic mass is 9.83. The van der Waals surface area contributed by atoms with Crippen molar-refractivity contribution in [2.24, 2.45) is 0 Å². The van der Waals surface area contributed by atoms with Crippen molar-refractivity contribution in [1.82, 2.24) is 0 Å². The van der Waals surface area contributed by atoms with E-state index in [1.54, 1.807) is 0 Å². The lowest BCUT2D eigenvalue weighted by molar-refractivity contribution is 1.62. The van der Waals surface area contributed by atoms with Gasteiger partial charge in [0.15, 0.2) is 0 Å². The van der Waals surface area contributed by atoms with Crippen LogP contribution in [0.25, 0.3) is 98.4 Å². The minimum absolute atomic E-state index is 0.619. The molecular formula is C50H32. The fourth-order valence-corrected chi connectivity index (χ4v) is 5.75. The zero-order valence-electron chi connectivity index (χ0n) is 57.0. The highest BCUT2D eigenvalue weighted by molar-refractivity contribution is 6.24. The molecule has 0 amide bonds. The fraction of sp³-hybridized carbons (Fsp3) is 0. The molecule has 0 atom stereocenters. The first kappa shape index (κ1) is 11.0. The van der Waals surface area contributed by atoms with Crippen LogP contribution in [0, 0.1) is 0 Å². The van der Waals surface area contributed by atoms with Gasteiger partial charge in [-0.3, -0.25) is 0 Å². The maximum atomic E-state index is 10.3.